The van der Waals surface area contributed by atoms with Gasteiger partial charge in [-0.15, -0.1) is 0 Å². The van der Waals surface area contributed by atoms with Gasteiger partial charge in [0.25, 0.3) is 5.56 Å². The van der Waals surface area contributed by atoms with Crippen molar-refractivity contribution >= 4 is 22.5 Å². The molecular weight excluding hydrogens is 314 g/mol. The van der Waals surface area contributed by atoms with Gasteiger partial charge in [0.15, 0.2) is 0 Å². The van der Waals surface area contributed by atoms with Crippen molar-refractivity contribution in [3.05, 3.63) is 40.2 Å². The number of carbonyl (C=O) groups is 1. The van der Waals surface area contributed by atoms with Crippen molar-refractivity contribution in [1.29, 1.82) is 0 Å². The predicted octanol–water partition coefficient (Wildman–Crippen LogP) is 2.78. The van der Waals surface area contributed by atoms with E-state index in [9.17, 15) is 9.59 Å². The quantitative estimate of drug-likeness (QED) is 0.859. The van der Waals surface area contributed by atoms with Gasteiger partial charge in [-0.3, -0.25) is 9.59 Å². The summed E-state index contributed by atoms with van der Waals surface area (Å²) < 4.78 is 1.87. The summed E-state index contributed by atoms with van der Waals surface area (Å²) in [6.45, 7) is 9.78. The number of carbonyl (C=O) groups excluding carboxylic acids is 1. The highest BCUT2D eigenvalue weighted by Crippen LogP contribution is 2.27. The number of aryl methyl sites for hydroxylation is 2. The fourth-order valence-corrected chi connectivity index (χ4v) is 3.62. The van der Waals surface area contributed by atoms with Crippen LogP contribution in [-0.4, -0.2) is 41.6 Å². The highest BCUT2D eigenvalue weighted by molar-refractivity contribution is 5.92. The van der Waals surface area contributed by atoms with E-state index in [1.807, 2.05) is 16.4 Å². The molecule has 134 valence electrons. The third-order valence-corrected chi connectivity index (χ3v) is 4.97. The predicted molar refractivity (Wildman–Crippen MR) is 102 cm³/mol. The van der Waals surface area contributed by atoms with Crippen molar-refractivity contribution in [1.82, 2.24) is 9.47 Å². The van der Waals surface area contributed by atoms with Crippen molar-refractivity contribution < 1.29 is 4.79 Å². The van der Waals surface area contributed by atoms with E-state index in [0.29, 0.717) is 6.42 Å². The molecule has 0 spiro atoms. The van der Waals surface area contributed by atoms with Crippen LogP contribution >= 0.6 is 0 Å². The Kier molecular flexibility index (Phi) is 5.11. The van der Waals surface area contributed by atoms with Crippen LogP contribution in [0.2, 0.25) is 0 Å². The molecule has 0 atom stereocenters. The molecule has 0 N–H and O–H groups in total. The Morgan fingerprint density at radius 3 is 2.44 bits per heavy atom. The zero-order chi connectivity index (χ0) is 18.0. The summed E-state index contributed by atoms with van der Waals surface area (Å²) >= 11 is 0. The van der Waals surface area contributed by atoms with E-state index in [1.54, 1.807) is 6.07 Å². The summed E-state index contributed by atoms with van der Waals surface area (Å²) in [6, 6.07) is 8.06. The zero-order valence-electron chi connectivity index (χ0n) is 15.4. The SMILES string of the molecule is CCCn1c(=O)cc(N2CCN(C(=O)CC)CC2)c2cc(C)ccc21. The summed E-state index contributed by atoms with van der Waals surface area (Å²) in [6.07, 6.45) is 1.48. The standard InChI is InChI=1S/C20H27N3O2/c1-4-8-23-17-7-6-15(3)13-16(17)18(14-20(23)25)21-9-11-22(12-10-21)19(24)5-2/h6-7,13-14H,4-5,8-12H2,1-3H3. The molecule has 3 rings (SSSR count). The minimum Gasteiger partial charge on any atom is -0.367 e. The molecule has 5 heteroatoms. The summed E-state index contributed by atoms with van der Waals surface area (Å²) in [7, 11) is 0. The Morgan fingerprint density at radius 1 is 1.08 bits per heavy atom. The molecule has 1 fully saturated rings. The van der Waals surface area contributed by atoms with Crippen LogP contribution in [0.3, 0.4) is 0 Å². The second-order valence-electron chi connectivity index (χ2n) is 6.76. The van der Waals surface area contributed by atoms with E-state index in [0.717, 1.165) is 55.7 Å². The first-order chi connectivity index (χ1) is 12.0. The van der Waals surface area contributed by atoms with E-state index in [1.165, 1.54) is 5.56 Å². The van der Waals surface area contributed by atoms with Crippen LogP contribution in [0.15, 0.2) is 29.1 Å². The summed E-state index contributed by atoms with van der Waals surface area (Å²) in [5, 5.41) is 1.13. The maximum Gasteiger partial charge on any atom is 0.253 e. The molecule has 1 aromatic carbocycles. The molecule has 1 aliphatic rings. The molecule has 2 heterocycles. The second kappa shape index (κ2) is 7.30. The van der Waals surface area contributed by atoms with Crippen LogP contribution in [-0.2, 0) is 11.3 Å². The number of rotatable bonds is 4. The number of aromatic nitrogens is 1. The first-order valence-electron chi connectivity index (χ1n) is 9.22. The van der Waals surface area contributed by atoms with Crippen LogP contribution in [0, 0.1) is 6.92 Å². The van der Waals surface area contributed by atoms with Gasteiger partial charge < -0.3 is 14.4 Å². The van der Waals surface area contributed by atoms with Crippen molar-refractivity contribution in [3.63, 3.8) is 0 Å². The Hall–Kier alpha value is -2.30. The maximum absolute atomic E-state index is 12.7. The number of amides is 1. The Labute approximate surface area is 148 Å². The van der Waals surface area contributed by atoms with E-state index >= 15 is 0 Å². The fraction of sp³-hybridized carbons (Fsp3) is 0.500. The molecule has 0 saturated carbocycles. The van der Waals surface area contributed by atoms with Gasteiger partial charge in [0, 0.05) is 50.6 Å². The smallest absolute Gasteiger partial charge is 0.253 e. The number of anilines is 1. The molecule has 0 bridgehead atoms. The van der Waals surface area contributed by atoms with E-state index in [4.69, 9.17) is 0 Å². The highest BCUT2D eigenvalue weighted by Gasteiger charge is 2.22. The van der Waals surface area contributed by atoms with Crippen LogP contribution in [0.25, 0.3) is 10.9 Å². The third-order valence-electron chi connectivity index (χ3n) is 4.97. The molecule has 25 heavy (non-hydrogen) atoms. The number of hydrogen-bond acceptors (Lipinski definition) is 3. The largest absolute Gasteiger partial charge is 0.367 e. The monoisotopic (exact) mass is 341 g/mol. The maximum atomic E-state index is 12.7. The number of hydrogen-bond donors (Lipinski definition) is 0. The third kappa shape index (κ3) is 3.41. The average Bonchev–Trinajstić information content (AvgIpc) is 2.63. The van der Waals surface area contributed by atoms with E-state index in [2.05, 4.69) is 36.9 Å². The van der Waals surface area contributed by atoms with Crippen molar-refractivity contribution in [2.75, 3.05) is 31.1 Å². The molecular formula is C20H27N3O2. The van der Waals surface area contributed by atoms with Gasteiger partial charge in [-0.25, -0.2) is 0 Å². The Bertz CT molecular complexity index is 833. The molecule has 2 aromatic rings. The van der Waals surface area contributed by atoms with Gasteiger partial charge in [-0.05, 0) is 25.5 Å². The summed E-state index contributed by atoms with van der Waals surface area (Å²) in [5.74, 6) is 0.207. The Balaban J connectivity index is 2.00. The zero-order valence-corrected chi connectivity index (χ0v) is 15.4. The Morgan fingerprint density at radius 2 is 1.80 bits per heavy atom. The molecule has 1 aromatic heterocycles. The lowest BCUT2D eigenvalue weighted by molar-refractivity contribution is -0.131. The van der Waals surface area contributed by atoms with Gasteiger partial charge in [0.05, 0.1) is 11.2 Å². The molecule has 1 saturated heterocycles. The summed E-state index contributed by atoms with van der Waals surface area (Å²) in [4.78, 5) is 28.7. The van der Waals surface area contributed by atoms with Gasteiger partial charge in [-0.1, -0.05) is 25.5 Å². The molecule has 0 radical (unpaired) electrons. The lowest BCUT2D eigenvalue weighted by atomic mass is 10.1. The first-order valence-corrected chi connectivity index (χ1v) is 9.22. The molecule has 1 aliphatic heterocycles. The number of benzene rings is 1. The van der Waals surface area contributed by atoms with Crippen LogP contribution in [0.5, 0.6) is 0 Å². The number of fused-ring (bicyclic) bond motifs is 1. The van der Waals surface area contributed by atoms with Crippen LogP contribution < -0.4 is 10.5 Å². The molecule has 5 nitrogen and oxygen atoms in total. The second-order valence-corrected chi connectivity index (χ2v) is 6.76. The van der Waals surface area contributed by atoms with Gasteiger partial charge in [-0.2, -0.15) is 0 Å². The summed E-state index contributed by atoms with van der Waals surface area (Å²) in [5.41, 5.74) is 3.25. The van der Waals surface area contributed by atoms with Crippen molar-refractivity contribution in [3.8, 4) is 0 Å². The number of pyridine rings is 1. The minimum absolute atomic E-state index is 0.0558. The van der Waals surface area contributed by atoms with Crippen LogP contribution in [0.4, 0.5) is 5.69 Å². The number of piperazine rings is 1. The van der Waals surface area contributed by atoms with Gasteiger partial charge >= 0.3 is 0 Å². The van der Waals surface area contributed by atoms with Crippen LogP contribution in [0.1, 0.15) is 32.3 Å². The van der Waals surface area contributed by atoms with Crippen molar-refractivity contribution in [2.45, 2.75) is 40.2 Å². The first kappa shape index (κ1) is 17.5. The van der Waals surface area contributed by atoms with Gasteiger partial charge in [0.1, 0.15) is 0 Å². The minimum atomic E-state index is 0.0558. The number of nitrogens with zero attached hydrogens (tertiary/aromatic N) is 3. The lowest BCUT2D eigenvalue weighted by Gasteiger charge is -2.36. The molecule has 1 amide bonds. The molecule has 0 unspecified atom stereocenters. The van der Waals surface area contributed by atoms with E-state index in [-0.39, 0.29) is 11.5 Å². The average molecular weight is 341 g/mol. The lowest BCUT2D eigenvalue weighted by Crippen LogP contribution is -2.49. The highest BCUT2D eigenvalue weighted by atomic mass is 16.2. The van der Waals surface area contributed by atoms with Gasteiger partial charge in [0.2, 0.25) is 5.91 Å². The fourth-order valence-electron chi connectivity index (χ4n) is 3.62. The normalized spacial score (nSPS) is 15.0. The molecule has 0 aliphatic carbocycles. The van der Waals surface area contributed by atoms with E-state index < -0.39 is 0 Å². The van der Waals surface area contributed by atoms with Crippen molar-refractivity contribution in [2.24, 2.45) is 0 Å². The topological polar surface area (TPSA) is 45.6 Å².